The molecule has 1 fully saturated rings. The Hall–Kier alpha value is -1.40. The Kier molecular flexibility index (Phi) is 3.64. The van der Waals surface area contributed by atoms with Crippen LogP contribution in [0.4, 0.5) is 5.69 Å². The topological polar surface area (TPSA) is 80.5 Å². The highest BCUT2D eigenvalue weighted by Gasteiger charge is 2.38. The van der Waals surface area contributed by atoms with Crippen molar-refractivity contribution < 1.29 is 13.2 Å². The second-order valence-corrected chi connectivity index (χ2v) is 6.70. The molecule has 19 heavy (non-hydrogen) atoms. The summed E-state index contributed by atoms with van der Waals surface area (Å²) in [5.41, 5.74) is 2.85. The molecule has 6 heteroatoms. The van der Waals surface area contributed by atoms with Crippen LogP contribution < -0.4 is 10.0 Å². The van der Waals surface area contributed by atoms with Gasteiger partial charge in [0.05, 0.1) is 0 Å². The van der Waals surface area contributed by atoms with E-state index in [2.05, 4.69) is 0 Å². The van der Waals surface area contributed by atoms with Gasteiger partial charge in [-0.1, -0.05) is 25.1 Å². The Morgan fingerprint density at radius 1 is 1.42 bits per heavy atom. The summed E-state index contributed by atoms with van der Waals surface area (Å²) in [6.07, 6.45) is 0.761. The molecule has 1 aliphatic rings. The van der Waals surface area contributed by atoms with Crippen LogP contribution in [0, 0.1) is 6.92 Å². The molecule has 0 bridgehead atoms. The lowest BCUT2D eigenvalue weighted by Gasteiger charge is -2.22. The molecule has 1 aromatic carbocycles. The number of benzene rings is 1. The maximum absolute atomic E-state index is 12.1. The molecule has 2 N–H and O–H groups in total. The molecule has 1 amide bonds. The van der Waals surface area contributed by atoms with Gasteiger partial charge in [-0.15, -0.1) is 0 Å². The van der Waals surface area contributed by atoms with Gasteiger partial charge in [-0.3, -0.25) is 4.79 Å². The highest BCUT2D eigenvalue weighted by molar-refractivity contribution is 7.89. The Balaban J connectivity index is 2.41. The first kappa shape index (κ1) is 14.0. The maximum Gasteiger partial charge on any atom is 0.228 e. The first-order valence-corrected chi connectivity index (χ1v) is 7.86. The van der Waals surface area contributed by atoms with Gasteiger partial charge in [-0.2, -0.15) is 0 Å². The molecule has 1 atom stereocenters. The molecular formula is C13H18N2O3S. The van der Waals surface area contributed by atoms with Crippen LogP contribution >= 0.6 is 0 Å². The largest absolute Gasteiger partial charge is 0.310 e. The first-order chi connectivity index (χ1) is 8.84. The number of sulfonamides is 1. The number of amides is 1. The van der Waals surface area contributed by atoms with Crippen LogP contribution in [0.1, 0.15) is 24.5 Å². The van der Waals surface area contributed by atoms with Gasteiger partial charge in [0, 0.05) is 18.7 Å². The van der Waals surface area contributed by atoms with Gasteiger partial charge >= 0.3 is 0 Å². The highest BCUT2D eigenvalue weighted by Crippen LogP contribution is 2.30. The second kappa shape index (κ2) is 4.94. The van der Waals surface area contributed by atoms with E-state index in [1.54, 1.807) is 4.90 Å². The number of carbonyl (C=O) groups is 1. The fraction of sp³-hybridized carbons (Fsp3) is 0.462. The van der Waals surface area contributed by atoms with E-state index in [1.807, 2.05) is 32.0 Å². The van der Waals surface area contributed by atoms with Crippen molar-refractivity contribution in [3.05, 3.63) is 29.3 Å². The van der Waals surface area contributed by atoms with E-state index >= 15 is 0 Å². The number of carbonyl (C=O) groups excluding carboxylic acids is 1. The lowest BCUT2D eigenvalue weighted by Crippen LogP contribution is -2.32. The normalized spacial score (nSPS) is 20.1. The molecule has 1 aromatic rings. The molecule has 0 aromatic heterocycles. The summed E-state index contributed by atoms with van der Waals surface area (Å²) >= 11 is 0. The van der Waals surface area contributed by atoms with Gasteiger partial charge in [0.25, 0.3) is 0 Å². The molecule has 104 valence electrons. The molecule has 0 spiro atoms. The third-order valence-electron chi connectivity index (χ3n) is 3.53. The second-order valence-electron chi connectivity index (χ2n) is 4.86. The predicted octanol–water partition coefficient (Wildman–Crippen LogP) is 0.951. The molecular weight excluding hydrogens is 264 g/mol. The zero-order valence-electron chi connectivity index (χ0n) is 11.1. The Morgan fingerprint density at radius 3 is 2.63 bits per heavy atom. The zero-order chi connectivity index (χ0) is 14.2. The number of primary sulfonamides is 1. The van der Waals surface area contributed by atoms with Gasteiger partial charge in [-0.25, -0.2) is 13.6 Å². The van der Waals surface area contributed by atoms with Crippen molar-refractivity contribution in [1.29, 1.82) is 0 Å². The average Bonchev–Trinajstić information content (AvgIpc) is 2.70. The summed E-state index contributed by atoms with van der Waals surface area (Å²) in [5, 5.41) is 4.34. The van der Waals surface area contributed by atoms with Crippen LogP contribution in [0.3, 0.4) is 0 Å². The van der Waals surface area contributed by atoms with Gasteiger partial charge < -0.3 is 4.90 Å². The number of hydrogen-bond donors (Lipinski definition) is 1. The predicted molar refractivity (Wildman–Crippen MR) is 74.4 cm³/mol. The molecule has 0 saturated carbocycles. The number of para-hydroxylation sites is 1. The third-order valence-corrected chi connectivity index (χ3v) is 4.77. The molecule has 0 aliphatic carbocycles. The van der Waals surface area contributed by atoms with Crippen LogP contribution in [0.25, 0.3) is 0 Å². The zero-order valence-corrected chi connectivity index (χ0v) is 11.9. The van der Waals surface area contributed by atoms with Crippen LogP contribution in [-0.4, -0.2) is 26.1 Å². The summed E-state index contributed by atoms with van der Waals surface area (Å²) in [4.78, 5) is 13.6. The third kappa shape index (κ3) is 2.64. The van der Waals surface area contributed by atoms with Crippen LogP contribution in [0.5, 0.6) is 0 Å². The van der Waals surface area contributed by atoms with Crippen molar-refractivity contribution in [2.45, 2.75) is 31.9 Å². The van der Waals surface area contributed by atoms with Gasteiger partial charge in [-0.05, 0) is 24.5 Å². The molecule has 0 radical (unpaired) electrons. The van der Waals surface area contributed by atoms with E-state index in [-0.39, 0.29) is 18.9 Å². The lowest BCUT2D eigenvalue weighted by atomic mass is 10.0. The minimum Gasteiger partial charge on any atom is -0.310 e. The van der Waals surface area contributed by atoms with Gasteiger partial charge in [0.2, 0.25) is 15.9 Å². The van der Waals surface area contributed by atoms with E-state index in [4.69, 9.17) is 5.14 Å². The SMILES string of the molecule is CCc1cccc(C)c1N1CC(S(N)(=O)=O)CC1=O. The highest BCUT2D eigenvalue weighted by atomic mass is 32.2. The van der Waals surface area contributed by atoms with Gasteiger partial charge in [0.1, 0.15) is 5.25 Å². The lowest BCUT2D eigenvalue weighted by molar-refractivity contribution is -0.117. The quantitative estimate of drug-likeness (QED) is 0.896. The first-order valence-electron chi connectivity index (χ1n) is 6.25. The van der Waals surface area contributed by atoms with E-state index < -0.39 is 15.3 Å². The number of anilines is 1. The van der Waals surface area contributed by atoms with E-state index in [0.717, 1.165) is 23.2 Å². The average molecular weight is 282 g/mol. The van der Waals surface area contributed by atoms with Crippen LogP contribution in [-0.2, 0) is 21.2 Å². The van der Waals surface area contributed by atoms with Crippen LogP contribution in [0.2, 0.25) is 0 Å². The molecule has 1 saturated heterocycles. The van der Waals surface area contributed by atoms with E-state index in [0.29, 0.717) is 0 Å². The van der Waals surface area contributed by atoms with Gasteiger partial charge in [0.15, 0.2) is 0 Å². The van der Waals surface area contributed by atoms with Crippen molar-refractivity contribution in [2.75, 3.05) is 11.4 Å². The standard InChI is InChI=1S/C13H18N2O3S/c1-3-10-6-4-5-9(2)13(10)15-8-11(7-12(15)16)19(14,17)18/h4-6,11H,3,7-8H2,1-2H3,(H2,14,17,18). The summed E-state index contributed by atoms with van der Waals surface area (Å²) < 4.78 is 22.8. The summed E-state index contributed by atoms with van der Waals surface area (Å²) in [5.74, 6) is -0.178. The molecule has 5 nitrogen and oxygen atoms in total. The summed E-state index contributed by atoms with van der Waals surface area (Å²) in [6.45, 7) is 4.08. The number of hydrogen-bond acceptors (Lipinski definition) is 3. The number of nitrogens with zero attached hydrogens (tertiary/aromatic N) is 1. The van der Waals surface area contributed by atoms with Crippen molar-refractivity contribution in [3.8, 4) is 0 Å². The van der Waals surface area contributed by atoms with Crippen LogP contribution in [0.15, 0.2) is 18.2 Å². The molecule has 1 unspecified atom stereocenters. The van der Waals surface area contributed by atoms with Crippen molar-refractivity contribution in [2.24, 2.45) is 5.14 Å². The molecule has 1 aliphatic heterocycles. The van der Waals surface area contributed by atoms with Crippen molar-refractivity contribution in [3.63, 3.8) is 0 Å². The Bertz CT molecular complexity index is 610. The Morgan fingerprint density at radius 2 is 2.11 bits per heavy atom. The monoisotopic (exact) mass is 282 g/mol. The fourth-order valence-electron chi connectivity index (χ4n) is 2.50. The van der Waals surface area contributed by atoms with Crippen molar-refractivity contribution >= 4 is 21.6 Å². The molecule has 1 heterocycles. The smallest absolute Gasteiger partial charge is 0.228 e. The summed E-state index contributed by atoms with van der Waals surface area (Å²) in [6, 6.07) is 5.82. The fourth-order valence-corrected chi connectivity index (χ4v) is 3.23. The number of aryl methyl sites for hydroxylation is 2. The summed E-state index contributed by atoms with van der Waals surface area (Å²) in [7, 11) is -3.67. The Labute approximate surface area is 113 Å². The van der Waals surface area contributed by atoms with E-state index in [9.17, 15) is 13.2 Å². The van der Waals surface area contributed by atoms with E-state index in [1.165, 1.54) is 0 Å². The minimum absolute atomic E-state index is 0.0314. The number of nitrogens with two attached hydrogens (primary N) is 1. The number of rotatable bonds is 3. The molecule has 2 rings (SSSR count). The maximum atomic E-state index is 12.1. The minimum atomic E-state index is -3.67. The van der Waals surface area contributed by atoms with Crippen molar-refractivity contribution in [1.82, 2.24) is 0 Å².